The third kappa shape index (κ3) is 4.96. The van der Waals surface area contributed by atoms with Gasteiger partial charge in [-0.25, -0.2) is 4.79 Å². The Balaban J connectivity index is 1.38. The molecular formula is C23H28N4O4. The lowest BCUT2D eigenvalue weighted by Crippen LogP contribution is -2.59. The summed E-state index contributed by atoms with van der Waals surface area (Å²) in [6, 6.07) is 12.2. The quantitative estimate of drug-likeness (QED) is 0.606. The van der Waals surface area contributed by atoms with Crippen LogP contribution in [0.1, 0.15) is 40.5 Å². The van der Waals surface area contributed by atoms with Gasteiger partial charge in [0.25, 0.3) is 0 Å². The lowest BCUT2D eigenvalue weighted by molar-refractivity contribution is -0.155. The Bertz CT molecular complexity index is 1060. The van der Waals surface area contributed by atoms with E-state index in [1.807, 2.05) is 24.3 Å². The Morgan fingerprint density at radius 3 is 2.29 bits per heavy atom. The summed E-state index contributed by atoms with van der Waals surface area (Å²) in [4.78, 5) is 13.7. The minimum Gasteiger partial charge on any atom is -0.505 e. The summed E-state index contributed by atoms with van der Waals surface area (Å²) in [5, 5.41) is 22.7. The van der Waals surface area contributed by atoms with Crippen LogP contribution in [0.3, 0.4) is 0 Å². The molecule has 0 atom stereocenters. The van der Waals surface area contributed by atoms with Gasteiger partial charge in [0.15, 0.2) is 6.61 Å². The van der Waals surface area contributed by atoms with Gasteiger partial charge in [-0.15, -0.1) is 15.0 Å². The fraction of sp³-hybridized carbons (Fsp3) is 0.435. The number of hydrogen-bond donors (Lipinski definition) is 2. The minimum atomic E-state index is -0.429. The fourth-order valence-corrected chi connectivity index (χ4v) is 4.40. The molecule has 0 radical (unpaired) electrons. The first-order valence-corrected chi connectivity index (χ1v) is 10.4. The fourth-order valence-electron chi connectivity index (χ4n) is 4.40. The predicted octanol–water partition coefficient (Wildman–Crippen LogP) is 3.36. The number of hydrogen-bond acceptors (Lipinski definition) is 7. The monoisotopic (exact) mass is 424 g/mol. The number of carbonyl (C=O) groups is 1. The van der Waals surface area contributed by atoms with Crippen molar-refractivity contribution in [2.24, 2.45) is 0 Å². The highest BCUT2D eigenvalue weighted by Crippen LogP contribution is 2.31. The highest BCUT2D eigenvalue weighted by atomic mass is 16.6. The van der Waals surface area contributed by atoms with E-state index in [0.29, 0.717) is 11.4 Å². The molecule has 8 heteroatoms. The Morgan fingerprint density at radius 1 is 1.10 bits per heavy atom. The van der Waals surface area contributed by atoms with Gasteiger partial charge in [-0.3, -0.25) is 0 Å². The van der Waals surface area contributed by atoms with Gasteiger partial charge < -0.3 is 19.9 Å². The Morgan fingerprint density at radius 2 is 1.71 bits per heavy atom. The van der Waals surface area contributed by atoms with E-state index in [1.165, 1.54) is 10.9 Å². The number of nitrogens with one attached hydrogen (secondary N) is 1. The molecule has 2 aromatic carbocycles. The second-order valence-electron chi connectivity index (χ2n) is 9.33. The molecule has 2 heterocycles. The van der Waals surface area contributed by atoms with E-state index in [0.717, 1.165) is 23.9 Å². The zero-order valence-electron chi connectivity index (χ0n) is 18.3. The van der Waals surface area contributed by atoms with Gasteiger partial charge in [-0.05, 0) is 52.0 Å². The summed E-state index contributed by atoms with van der Waals surface area (Å²) in [5.74, 6) is -0.115. The number of esters is 1. The van der Waals surface area contributed by atoms with Crippen molar-refractivity contribution in [3.8, 4) is 17.2 Å². The molecule has 31 heavy (non-hydrogen) atoms. The molecule has 0 aliphatic carbocycles. The Labute approximate surface area is 181 Å². The van der Waals surface area contributed by atoms with Crippen molar-refractivity contribution in [3.63, 3.8) is 0 Å². The van der Waals surface area contributed by atoms with Crippen LogP contribution in [-0.2, 0) is 9.53 Å². The standard InChI is InChI=1S/C23H28N4O4/c1-22(2)12-16(13-23(3,4)26-22)31-21(29)14-30-15-9-10-19(20(28)11-15)27-24-17-7-5-6-8-18(17)25-27/h5-11,16,26,28H,12-14H2,1-4H3. The summed E-state index contributed by atoms with van der Waals surface area (Å²) in [6.07, 6.45) is 1.31. The molecule has 4 rings (SSSR count). The predicted molar refractivity (Wildman–Crippen MR) is 116 cm³/mol. The maximum absolute atomic E-state index is 12.3. The van der Waals surface area contributed by atoms with Crippen molar-refractivity contribution in [1.29, 1.82) is 0 Å². The molecule has 0 unspecified atom stereocenters. The van der Waals surface area contributed by atoms with Gasteiger partial charge in [0.2, 0.25) is 0 Å². The molecule has 1 fully saturated rings. The number of piperidine rings is 1. The molecule has 1 aliphatic heterocycles. The first kappa shape index (κ1) is 21.1. The van der Waals surface area contributed by atoms with Crippen LogP contribution in [0.4, 0.5) is 0 Å². The highest BCUT2D eigenvalue weighted by molar-refractivity contribution is 5.74. The maximum Gasteiger partial charge on any atom is 0.344 e. The van der Waals surface area contributed by atoms with Crippen molar-refractivity contribution in [3.05, 3.63) is 42.5 Å². The Hall–Kier alpha value is -3.13. The first-order chi connectivity index (χ1) is 14.6. The zero-order valence-corrected chi connectivity index (χ0v) is 18.3. The molecule has 1 saturated heterocycles. The molecule has 164 valence electrons. The number of benzene rings is 2. The van der Waals surface area contributed by atoms with E-state index in [1.54, 1.807) is 12.1 Å². The first-order valence-electron chi connectivity index (χ1n) is 10.4. The van der Waals surface area contributed by atoms with Crippen LogP contribution in [0, 0.1) is 0 Å². The largest absolute Gasteiger partial charge is 0.505 e. The van der Waals surface area contributed by atoms with E-state index in [-0.39, 0.29) is 29.5 Å². The number of phenolic OH excluding ortho intramolecular Hbond substituents is 1. The van der Waals surface area contributed by atoms with Crippen LogP contribution in [0.2, 0.25) is 0 Å². The molecule has 0 saturated carbocycles. The number of nitrogens with zero attached hydrogens (tertiary/aromatic N) is 3. The van der Waals surface area contributed by atoms with Crippen LogP contribution in [0.25, 0.3) is 16.7 Å². The van der Waals surface area contributed by atoms with Crippen LogP contribution in [0.15, 0.2) is 42.5 Å². The number of phenols is 1. The summed E-state index contributed by atoms with van der Waals surface area (Å²) in [6.45, 7) is 8.19. The molecule has 0 bridgehead atoms. The van der Waals surface area contributed by atoms with Crippen molar-refractivity contribution < 1.29 is 19.4 Å². The van der Waals surface area contributed by atoms with Crippen molar-refractivity contribution in [2.75, 3.05) is 6.61 Å². The third-order valence-corrected chi connectivity index (χ3v) is 5.26. The molecule has 0 spiro atoms. The number of fused-ring (bicyclic) bond motifs is 1. The number of rotatable bonds is 5. The molecular weight excluding hydrogens is 396 g/mol. The highest BCUT2D eigenvalue weighted by Gasteiger charge is 2.39. The number of ether oxygens (including phenoxy) is 2. The smallest absolute Gasteiger partial charge is 0.344 e. The number of carbonyl (C=O) groups excluding carboxylic acids is 1. The summed E-state index contributed by atoms with van der Waals surface area (Å²) >= 11 is 0. The number of aromatic hydroxyl groups is 1. The topological polar surface area (TPSA) is 98.5 Å². The van der Waals surface area contributed by atoms with Gasteiger partial charge in [0.1, 0.15) is 34.3 Å². The summed E-state index contributed by atoms with van der Waals surface area (Å²) in [5.41, 5.74) is 1.66. The van der Waals surface area contributed by atoms with E-state index < -0.39 is 5.97 Å². The molecule has 1 aromatic heterocycles. The van der Waals surface area contributed by atoms with Crippen LogP contribution >= 0.6 is 0 Å². The lowest BCUT2D eigenvalue weighted by atomic mass is 9.81. The second kappa shape index (κ2) is 7.85. The number of aromatic nitrogens is 3. The lowest BCUT2D eigenvalue weighted by Gasteiger charge is -2.45. The minimum absolute atomic E-state index is 0.0481. The van der Waals surface area contributed by atoms with E-state index >= 15 is 0 Å². The molecule has 3 aromatic rings. The third-order valence-electron chi connectivity index (χ3n) is 5.26. The van der Waals surface area contributed by atoms with Crippen molar-refractivity contribution in [1.82, 2.24) is 20.3 Å². The van der Waals surface area contributed by atoms with Crippen molar-refractivity contribution >= 4 is 17.0 Å². The van der Waals surface area contributed by atoms with Gasteiger partial charge in [-0.1, -0.05) is 12.1 Å². The maximum atomic E-state index is 12.3. The average Bonchev–Trinajstić information content (AvgIpc) is 3.07. The zero-order chi connectivity index (χ0) is 22.2. The Kier molecular flexibility index (Phi) is 5.35. The average molecular weight is 425 g/mol. The van der Waals surface area contributed by atoms with E-state index in [2.05, 4.69) is 43.2 Å². The van der Waals surface area contributed by atoms with Gasteiger partial charge in [-0.2, -0.15) is 0 Å². The summed E-state index contributed by atoms with van der Waals surface area (Å²) in [7, 11) is 0. The van der Waals surface area contributed by atoms with Crippen LogP contribution in [-0.4, -0.2) is 49.9 Å². The van der Waals surface area contributed by atoms with Gasteiger partial charge in [0, 0.05) is 30.0 Å². The normalized spacial score (nSPS) is 18.1. The van der Waals surface area contributed by atoms with Gasteiger partial charge >= 0.3 is 5.97 Å². The van der Waals surface area contributed by atoms with Gasteiger partial charge in [0.05, 0.1) is 0 Å². The molecule has 2 N–H and O–H groups in total. The van der Waals surface area contributed by atoms with Crippen molar-refractivity contribution in [2.45, 2.75) is 57.7 Å². The van der Waals surface area contributed by atoms with E-state index in [4.69, 9.17) is 9.47 Å². The van der Waals surface area contributed by atoms with Crippen LogP contribution < -0.4 is 10.1 Å². The molecule has 0 amide bonds. The summed E-state index contributed by atoms with van der Waals surface area (Å²) < 4.78 is 11.2. The SMILES string of the molecule is CC1(C)CC(OC(=O)COc2ccc(-n3nc4ccccc4n3)c(O)c2)CC(C)(C)N1. The molecule has 8 nitrogen and oxygen atoms in total. The second-order valence-corrected chi connectivity index (χ2v) is 9.33. The van der Waals surface area contributed by atoms with Crippen LogP contribution in [0.5, 0.6) is 11.5 Å². The molecule has 1 aliphatic rings. The van der Waals surface area contributed by atoms with E-state index in [9.17, 15) is 9.90 Å².